The lowest BCUT2D eigenvalue weighted by molar-refractivity contribution is 0.994. The van der Waals surface area contributed by atoms with Gasteiger partial charge < -0.3 is 5.32 Å². The van der Waals surface area contributed by atoms with Gasteiger partial charge in [-0.1, -0.05) is 0 Å². The molecule has 0 saturated heterocycles. The summed E-state index contributed by atoms with van der Waals surface area (Å²) in [6.45, 7) is 1.99. The Kier molecular flexibility index (Phi) is 3.94. The summed E-state index contributed by atoms with van der Waals surface area (Å²) < 4.78 is 0. The fourth-order valence-corrected chi connectivity index (χ4v) is 0.270. The highest BCUT2D eigenvalue weighted by molar-refractivity contribution is 5.71. The Morgan fingerprint density at radius 2 is 2.25 bits per heavy atom. The van der Waals surface area contributed by atoms with Gasteiger partial charge in [-0.3, -0.25) is 4.99 Å². The molecule has 0 amide bonds. The van der Waals surface area contributed by atoms with Crippen LogP contribution in [0.5, 0.6) is 0 Å². The molecule has 2 heteroatoms. The first-order valence-electron chi connectivity index (χ1n) is 2.58. The summed E-state index contributed by atoms with van der Waals surface area (Å²) >= 11 is 0. The highest BCUT2D eigenvalue weighted by atomic mass is 14.8. The van der Waals surface area contributed by atoms with Crippen molar-refractivity contribution < 1.29 is 0 Å². The van der Waals surface area contributed by atoms with Crippen molar-refractivity contribution in [3.63, 3.8) is 0 Å². The quantitative estimate of drug-likeness (QED) is 0.525. The van der Waals surface area contributed by atoms with Gasteiger partial charge in [0.25, 0.3) is 0 Å². The average molecular weight is 112 g/mol. The van der Waals surface area contributed by atoms with Crippen LogP contribution < -0.4 is 5.32 Å². The van der Waals surface area contributed by atoms with Crippen molar-refractivity contribution in [2.45, 2.75) is 6.92 Å². The van der Waals surface area contributed by atoms with Crippen LogP contribution in [0.1, 0.15) is 6.92 Å². The summed E-state index contributed by atoms with van der Waals surface area (Å²) in [4.78, 5) is 3.78. The minimum atomic E-state index is 1.12. The van der Waals surface area contributed by atoms with Gasteiger partial charge in [-0.25, -0.2) is 0 Å². The smallest absolute Gasteiger partial charge is 0.0277 e. The minimum Gasteiger partial charge on any atom is -0.392 e. The number of hydrogen-bond donors (Lipinski definition) is 1. The molecule has 0 aromatic heterocycles. The highest BCUT2D eigenvalue weighted by Crippen LogP contribution is 1.78. The standard InChI is InChI=1S/C6H12N2/c1-6(8-3)4-5-7-2/h4-5,8H,1-3H3. The third-order valence-electron chi connectivity index (χ3n) is 0.868. The van der Waals surface area contributed by atoms with Crippen molar-refractivity contribution >= 4 is 6.21 Å². The average Bonchev–Trinajstić information content (AvgIpc) is 1.83. The maximum absolute atomic E-state index is 3.78. The Hall–Kier alpha value is -0.790. The summed E-state index contributed by atoms with van der Waals surface area (Å²) in [5.41, 5.74) is 1.12. The van der Waals surface area contributed by atoms with Gasteiger partial charge in [0, 0.05) is 26.0 Å². The number of allylic oxidation sites excluding steroid dienone is 2. The second-order valence-electron chi connectivity index (χ2n) is 1.51. The van der Waals surface area contributed by atoms with Crippen LogP contribution in [0.25, 0.3) is 0 Å². The van der Waals surface area contributed by atoms with E-state index in [4.69, 9.17) is 0 Å². The number of aliphatic imine (C=N–C) groups is 1. The predicted molar refractivity (Wildman–Crippen MR) is 37.2 cm³/mol. The Labute approximate surface area is 50.3 Å². The second-order valence-corrected chi connectivity index (χ2v) is 1.51. The zero-order chi connectivity index (χ0) is 6.41. The van der Waals surface area contributed by atoms with E-state index in [9.17, 15) is 0 Å². The molecule has 46 valence electrons. The summed E-state index contributed by atoms with van der Waals surface area (Å²) in [7, 11) is 3.63. The molecular formula is C6H12N2. The van der Waals surface area contributed by atoms with Gasteiger partial charge in [0.15, 0.2) is 0 Å². The molecule has 0 atom stereocenters. The fourth-order valence-electron chi connectivity index (χ4n) is 0.270. The normalized spacial score (nSPS) is 12.6. The van der Waals surface area contributed by atoms with Crippen LogP contribution in [0.4, 0.5) is 0 Å². The number of nitrogens with zero attached hydrogens (tertiary/aromatic N) is 1. The Morgan fingerprint density at radius 3 is 2.62 bits per heavy atom. The van der Waals surface area contributed by atoms with Crippen molar-refractivity contribution in [2.24, 2.45) is 4.99 Å². The van der Waals surface area contributed by atoms with Gasteiger partial charge in [-0.2, -0.15) is 0 Å². The first kappa shape index (κ1) is 7.21. The fraction of sp³-hybridized carbons (Fsp3) is 0.500. The van der Waals surface area contributed by atoms with Crippen LogP contribution in [0.3, 0.4) is 0 Å². The van der Waals surface area contributed by atoms with Crippen LogP contribution in [-0.4, -0.2) is 20.3 Å². The van der Waals surface area contributed by atoms with E-state index in [-0.39, 0.29) is 0 Å². The van der Waals surface area contributed by atoms with Crippen LogP contribution >= 0.6 is 0 Å². The van der Waals surface area contributed by atoms with Gasteiger partial charge in [0.1, 0.15) is 0 Å². The van der Waals surface area contributed by atoms with E-state index >= 15 is 0 Å². The Bertz CT molecular complexity index is 103. The van der Waals surface area contributed by atoms with E-state index in [1.807, 2.05) is 20.0 Å². The molecule has 0 aliphatic rings. The molecule has 0 unspecified atom stereocenters. The molecule has 2 nitrogen and oxygen atoms in total. The molecule has 0 heterocycles. The zero-order valence-corrected chi connectivity index (χ0v) is 5.60. The maximum atomic E-state index is 3.78. The SMILES string of the molecule is CN=CC=C(C)NC. The van der Waals surface area contributed by atoms with E-state index in [1.54, 1.807) is 13.3 Å². The van der Waals surface area contributed by atoms with Crippen molar-refractivity contribution in [2.75, 3.05) is 14.1 Å². The number of hydrogen-bond acceptors (Lipinski definition) is 2. The van der Waals surface area contributed by atoms with Crippen molar-refractivity contribution in [3.8, 4) is 0 Å². The summed E-state index contributed by atoms with van der Waals surface area (Å²) in [5.74, 6) is 0. The predicted octanol–water partition coefficient (Wildman–Crippen LogP) is 0.810. The Balaban J connectivity index is 3.57. The molecule has 0 aromatic carbocycles. The topological polar surface area (TPSA) is 24.4 Å². The van der Waals surface area contributed by atoms with Crippen LogP contribution in [0, 0.1) is 0 Å². The molecule has 1 N–H and O–H groups in total. The minimum absolute atomic E-state index is 1.12. The lowest BCUT2D eigenvalue weighted by Gasteiger charge is -1.92. The molecule has 0 rings (SSSR count). The van der Waals surface area contributed by atoms with Crippen LogP contribution in [0.15, 0.2) is 16.8 Å². The lowest BCUT2D eigenvalue weighted by atomic mass is 10.4. The molecular weight excluding hydrogens is 100 g/mol. The molecule has 0 radical (unpaired) electrons. The number of rotatable bonds is 2. The van der Waals surface area contributed by atoms with E-state index < -0.39 is 0 Å². The van der Waals surface area contributed by atoms with Crippen molar-refractivity contribution in [1.82, 2.24) is 5.32 Å². The van der Waals surface area contributed by atoms with E-state index in [0.29, 0.717) is 0 Å². The van der Waals surface area contributed by atoms with Crippen molar-refractivity contribution in [3.05, 3.63) is 11.8 Å². The summed E-state index contributed by atoms with van der Waals surface area (Å²) in [6, 6.07) is 0. The molecule has 0 spiro atoms. The molecule has 0 aliphatic carbocycles. The molecule has 8 heavy (non-hydrogen) atoms. The van der Waals surface area contributed by atoms with Gasteiger partial charge in [0.05, 0.1) is 0 Å². The third kappa shape index (κ3) is 3.40. The van der Waals surface area contributed by atoms with Crippen LogP contribution in [-0.2, 0) is 0 Å². The van der Waals surface area contributed by atoms with Gasteiger partial charge in [-0.15, -0.1) is 0 Å². The van der Waals surface area contributed by atoms with Gasteiger partial charge in [-0.05, 0) is 13.0 Å². The first-order chi connectivity index (χ1) is 3.81. The molecule has 0 aliphatic heterocycles. The zero-order valence-electron chi connectivity index (χ0n) is 5.60. The van der Waals surface area contributed by atoms with E-state index in [0.717, 1.165) is 5.70 Å². The second kappa shape index (κ2) is 4.37. The Morgan fingerprint density at radius 1 is 1.62 bits per heavy atom. The first-order valence-corrected chi connectivity index (χ1v) is 2.58. The molecule has 0 bridgehead atoms. The molecule has 0 fully saturated rings. The summed E-state index contributed by atoms with van der Waals surface area (Å²) in [5, 5.41) is 2.97. The maximum Gasteiger partial charge on any atom is 0.0277 e. The molecule has 0 saturated carbocycles. The summed E-state index contributed by atoms with van der Waals surface area (Å²) in [6.07, 6.45) is 3.67. The van der Waals surface area contributed by atoms with Crippen molar-refractivity contribution in [1.29, 1.82) is 0 Å². The highest BCUT2D eigenvalue weighted by Gasteiger charge is 1.73. The van der Waals surface area contributed by atoms with Gasteiger partial charge in [0.2, 0.25) is 0 Å². The van der Waals surface area contributed by atoms with Gasteiger partial charge >= 0.3 is 0 Å². The van der Waals surface area contributed by atoms with Crippen LogP contribution in [0.2, 0.25) is 0 Å². The third-order valence-corrected chi connectivity index (χ3v) is 0.868. The van der Waals surface area contributed by atoms with E-state index in [1.165, 1.54) is 0 Å². The lowest BCUT2D eigenvalue weighted by Crippen LogP contribution is -2.00. The van der Waals surface area contributed by atoms with E-state index in [2.05, 4.69) is 10.3 Å². The molecule has 0 aromatic rings. The largest absolute Gasteiger partial charge is 0.392 e. The number of nitrogens with one attached hydrogen (secondary N) is 1. The monoisotopic (exact) mass is 112 g/mol.